The summed E-state index contributed by atoms with van der Waals surface area (Å²) in [5, 5.41) is 10.8. The molecule has 0 bridgehead atoms. The van der Waals surface area contributed by atoms with Gasteiger partial charge in [-0.25, -0.2) is 0 Å². The van der Waals surface area contributed by atoms with Crippen molar-refractivity contribution in [1.29, 1.82) is 5.26 Å². The van der Waals surface area contributed by atoms with Gasteiger partial charge in [0, 0.05) is 4.88 Å². The summed E-state index contributed by atoms with van der Waals surface area (Å²) < 4.78 is 5.62. The van der Waals surface area contributed by atoms with Gasteiger partial charge in [0.05, 0.1) is 17.2 Å². The van der Waals surface area contributed by atoms with Crippen LogP contribution in [0.1, 0.15) is 27.7 Å². The Balaban J connectivity index is 2.24. The Labute approximate surface area is 109 Å². The predicted octanol–water partition coefficient (Wildman–Crippen LogP) is 3.40. The normalized spacial score (nSPS) is 9.78. The monoisotopic (exact) mass is 257 g/mol. The minimum absolute atomic E-state index is 0.0688. The summed E-state index contributed by atoms with van der Waals surface area (Å²) in [4.78, 5) is 12.5. The molecule has 1 aromatic carbocycles. The highest BCUT2D eigenvalue weighted by molar-refractivity contribution is 7.09. The lowest BCUT2D eigenvalue weighted by Crippen LogP contribution is -2.01. The molecule has 2 rings (SSSR count). The average molecular weight is 257 g/mol. The number of Topliss-reactive ketones (excluding diaryl/α,β-unsaturated/α-hetero) is 1. The second kappa shape index (κ2) is 5.48. The molecule has 0 aliphatic rings. The van der Waals surface area contributed by atoms with Gasteiger partial charge in [-0.2, -0.15) is 5.26 Å². The first-order valence-electron chi connectivity index (χ1n) is 5.41. The highest BCUT2D eigenvalue weighted by Gasteiger charge is 2.10. The van der Waals surface area contributed by atoms with Crippen LogP contribution in [0, 0.1) is 11.3 Å². The SMILES string of the molecule is CC(=O)c1ccc(C#N)cc1OCc1cccs1. The quantitative estimate of drug-likeness (QED) is 0.789. The van der Waals surface area contributed by atoms with Crippen LogP contribution in [-0.2, 0) is 6.61 Å². The van der Waals surface area contributed by atoms with Crippen molar-refractivity contribution in [1.82, 2.24) is 0 Å². The number of hydrogen-bond acceptors (Lipinski definition) is 4. The third-order valence-electron chi connectivity index (χ3n) is 2.44. The first-order valence-corrected chi connectivity index (χ1v) is 6.29. The average Bonchev–Trinajstić information content (AvgIpc) is 2.88. The summed E-state index contributed by atoms with van der Waals surface area (Å²) in [7, 11) is 0. The lowest BCUT2D eigenvalue weighted by Gasteiger charge is -2.09. The summed E-state index contributed by atoms with van der Waals surface area (Å²) >= 11 is 1.59. The zero-order valence-electron chi connectivity index (χ0n) is 9.84. The van der Waals surface area contributed by atoms with Crippen LogP contribution in [0.4, 0.5) is 0 Å². The Bertz CT molecular complexity index is 597. The number of nitrogens with zero attached hydrogens (tertiary/aromatic N) is 1. The van der Waals surface area contributed by atoms with E-state index >= 15 is 0 Å². The van der Waals surface area contributed by atoms with Crippen LogP contribution in [0.5, 0.6) is 5.75 Å². The molecule has 90 valence electrons. The maximum absolute atomic E-state index is 11.5. The van der Waals surface area contributed by atoms with E-state index in [4.69, 9.17) is 10.00 Å². The molecule has 1 aromatic heterocycles. The molecule has 0 saturated heterocycles. The van der Waals surface area contributed by atoms with Gasteiger partial charge in [0.2, 0.25) is 0 Å². The van der Waals surface area contributed by atoms with Gasteiger partial charge in [0.25, 0.3) is 0 Å². The Hall–Kier alpha value is -2.12. The third-order valence-corrected chi connectivity index (χ3v) is 3.29. The Morgan fingerprint density at radius 1 is 1.44 bits per heavy atom. The number of ketones is 1. The number of thiophene rings is 1. The van der Waals surface area contributed by atoms with Crippen molar-refractivity contribution in [2.75, 3.05) is 0 Å². The zero-order valence-corrected chi connectivity index (χ0v) is 10.7. The van der Waals surface area contributed by atoms with E-state index in [1.807, 2.05) is 23.6 Å². The summed E-state index contributed by atoms with van der Waals surface area (Å²) in [6, 6.07) is 10.8. The van der Waals surface area contributed by atoms with Crippen molar-refractivity contribution in [3.8, 4) is 11.8 Å². The molecule has 1 heterocycles. The largest absolute Gasteiger partial charge is 0.487 e. The topological polar surface area (TPSA) is 50.1 Å². The second-order valence-electron chi connectivity index (χ2n) is 3.75. The fraction of sp³-hybridized carbons (Fsp3) is 0.143. The maximum Gasteiger partial charge on any atom is 0.163 e. The number of ether oxygens (including phenoxy) is 1. The first kappa shape index (κ1) is 12.3. The van der Waals surface area contributed by atoms with E-state index in [1.54, 1.807) is 29.5 Å². The van der Waals surface area contributed by atoms with Crippen LogP contribution < -0.4 is 4.74 Å². The van der Waals surface area contributed by atoms with Gasteiger partial charge in [-0.3, -0.25) is 4.79 Å². The van der Waals surface area contributed by atoms with Gasteiger partial charge >= 0.3 is 0 Å². The smallest absolute Gasteiger partial charge is 0.163 e. The highest BCUT2D eigenvalue weighted by atomic mass is 32.1. The molecular weight excluding hydrogens is 246 g/mol. The number of benzene rings is 1. The van der Waals surface area contributed by atoms with Gasteiger partial charge in [-0.05, 0) is 36.6 Å². The molecule has 3 nitrogen and oxygen atoms in total. The van der Waals surface area contributed by atoms with Crippen molar-refractivity contribution in [2.24, 2.45) is 0 Å². The molecule has 0 N–H and O–H groups in total. The van der Waals surface area contributed by atoms with E-state index in [2.05, 4.69) is 0 Å². The van der Waals surface area contributed by atoms with Gasteiger partial charge in [-0.15, -0.1) is 11.3 Å². The third kappa shape index (κ3) is 2.76. The molecule has 0 saturated carbocycles. The van der Waals surface area contributed by atoms with Crippen LogP contribution in [0.3, 0.4) is 0 Å². The minimum Gasteiger partial charge on any atom is -0.487 e. The van der Waals surface area contributed by atoms with E-state index in [0.29, 0.717) is 23.5 Å². The van der Waals surface area contributed by atoms with Crippen molar-refractivity contribution < 1.29 is 9.53 Å². The maximum atomic E-state index is 11.5. The number of hydrogen-bond donors (Lipinski definition) is 0. The number of carbonyl (C=O) groups excluding carboxylic acids is 1. The van der Waals surface area contributed by atoms with Crippen molar-refractivity contribution >= 4 is 17.1 Å². The molecule has 18 heavy (non-hydrogen) atoms. The van der Waals surface area contributed by atoms with Gasteiger partial charge in [0.1, 0.15) is 12.4 Å². The van der Waals surface area contributed by atoms with Gasteiger partial charge in [-0.1, -0.05) is 6.07 Å². The van der Waals surface area contributed by atoms with Crippen LogP contribution in [0.2, 0.25) is 0 Å². The number of nitriles is 1. The molecule has 0 aliphatic heterocycles. The highest BCUT2D eigenvalue weighted by Crippen LogP contribution is 2.23. The Kier molecular flexibility index (Phi) is 3.75. The number of rotatable bonds is 4. The summed E-state index contributed by atoms with van der Waals surface area (Å²) in [6.45, 7) is 1.90. The van der Waals surface area contributed by atoms with E-state index in [1.165, 1.54) is 6.92 Å². The van der Waals surface area contributed by atoms with E-state index in [0.717, 1.165) is 4.88 Å². The Morgan fingerprint density at radius 3 is 2.89 bits per heavy atom. The summed E-state index contributed by atoms with van der Waals surface area (Å²) in [6.07, 6.45) is 0. The first-order chi connectivity index (χ1) is 8.70. The fourth-order valence-corrected chi connectivity index (χ4v) is 2.16. The molecule has 4 heteroatoms. The molecule has 0 fully saturated rings. The van der Waals surface area contributed by atoms with Crippen LogP contribution in [0.15, 0.2) is 35.7 Å². The standard InChI is InChI=1S/C14H11NO2S/c1-10(16)13-5-4-11(8-15)7-14(13)17-9-12-3-2-6-18-12/h2-7H,9H2,1H3. The molecule has 0 unspecified atom stereocenters. The van der Waals surface area contributed by atoms with Crippen molar-refractivity contribution in [2.45, 2.75) is 13.5 Å². The zero-order chi connectivity index (χ0) is 13.0. The molecule has 0 spiro atoms. The minimum atomic E-state index is -0.0688. The lowest BCUT2D eigenvalue weighted by atomic mass is 10.1. The molecule has 0 atom stereocenters. The lowest BCUT2D eigenvalue weighted by molar-refractivity contribution is 0.101. The van der Waals surface area contributed by atoms with E-state index < -0.39 is 0 Å². The number of carbonyl (C=O) groups is 1. The molecular formula is C14H11NO2S. The van der Waals surface area contributed by atoms with Crippen molar-refractivity contribution in [3.63, 3.8) is 0 Å². The van der Waals surface area contributed by atoms with E-state index in [9.17, 15) is 4.79 Å². The molecule has 0 aliphatic carbocycles. The van der Waals surface area contributed by atoms with E-state index in [-0.39, 0.29) is 5.78 Å². The summed E-state index contributed by atoms with van der Waals surface area (Å²) in [5.41, 5.74) is 0.992. The summed E-state index contributed by atoms with van der Waals surface area (Å²) in [5.74, 6) is 0.399. The molecule has 0 radical (unpaired) electrons. The Morgan fingerprint density at radius 2 is 2.28 bits per heavy atom. The van der Waals surface area contributed by atoms with Crippen LogP contribution in [-0.4, -0.2) is 5.78 Å². The van der Waals surface area contributed by atoms with Crippen LogP contribution >= 0.6 is 11.3 Å². The van der Waals surface area contributed by atoms with Crippen LogP contribution in [0.25, 0.3) is 0 Å². The van der Waals surface area contributed by atoms with Gasteiger partial charge in [0.15, 0.2) is 5.78 Å². The second-order valence-corrected chi connectivity index (χ2v) is 4.78. The fourth-order valence-electron chi connectivity index (χ4n) is 1.55. The van der Waals surface area contributed by atoms with Gasteiger partial charge < -0.3 is 4.74 Å². The molecule has 2 aromatic rings. The predicted molar refractivity (Wildman–Crippen MR) is 69.8 cm³/mol. The van der Waals surface area contributed by atoms with Crippen molar-refractivity contribution in [3.05, 3.63) is 51.7 Å². The molecule has 0 amide bonds.